The summed E-state index contributed by atoms with van der Waals surface area (Å²) in [6.07, 6.45) is -6.13. The quantitative estimate of drug-likeness (QED) is 0.640. The van der Waals surface area contributed by atoms with Gasteiger partial charge in [0.25, 0.3) is 5.56 Å². The smallest absolute Gasteiger partial charge is 0.436 e. The molecule has 0 aromatic carbocycles. The van der Waals surface area contributed by atoms with E-state index in [1.807, 2.05) is 0 Å². The van der Waals surface area contributed by atoms with Gasteiger partial charge in [0.2, 0.25) is 5.96 Å². The second-order valence-electron chi connectivity index (χ2n) is 8.18. The summed E-state index contributed by atoms with van der Waals surface area (Å²) >= 11 is 1.16. The number of guanidine groups is 1. The number of aliphatic imine (C=N–C) groups is 1. The molecule has 2 aliphatic rings. The summed E-state index contributed by atoms with van der Waals surface area (Å²) < 4.78 is 52.8. The van der Waals surface area contributed by atoms with E-state index in [2.05, 4.69) is 15.0 Å². The van der Waals surface area contributed by atoms with E-state index in [1.165, 1.54) is 18.8 Å². The average Bonchev–Trinajstić information content (AvgIpc) is 3.37. The van der Waals surface area contributed by atoms with E-state index < -0.39 is 29.1 Å². The van der Waals surface area contributed by atoms with Gasteiger partial charge in [-0.2, -0.15) is 13.2 Å². The van der Waals surface area contributed by atoms with Crippen LogP contribution in [0.3, 0.4) is 0 Å². The zero-order valence-corrected chi connectivity index (χ0v) is 19.6. The van der Waals surface area contributed by atoms with Gasteiger partial charge in [-0.15, -0.1) is 16.3 Å². The van der Waals surface area contributed by atoms with Crippen molar-refractivity contribution in [1.29, 1.82) is 0 Å². The van der Waals surface area contributed by atoms with Gasteiger partial charge in [0, 0.05) is 25.1 Å². The lowest BCUT2D eigenvalue weighted by Crippen LogP contribution is -2.51. The van der Waals surface area contributed by atoms with Crippen LogP contribution < -0.4 is 16.6 Å². The molecule has 0 radical (unpaired) electrons. The molecule has 10 nitrogen and oxygen atoms in total. The number of aryl methyl sites for hydroxylation is 1. The number of hydrogen-bond acceptors (Lipinski definition) is 6. The lowest BCUT2D eigenvalue weighted by molar-refractivity contribution is -0.181. The monoisotopic (exact) mass is 503 g/mol. The zero-order valence-electron chi connectivity index (χ0n) is 18.8. The molecule has 2 fully saturated rings. The molecule has 1 aliphatic carbocycles. The molecule has 4 rings (SSSR count). The number of amides is 1. The van der Waals surface area contributed by atoms with E-state index in [0.29, 0.717) is 38.9 Å². The van der Waals surface area contributed by atoms with Gasteiger partial charge in [-0.3, -0.25) is 9.36 Å². The van der Waals surface area contributed by atoms with Crippen LogP contribution in [0, 0.1) is 6.92 Å². The highest BCUT2D eigenvalue weighted by atomic mass is 32.1. The molecule has 2 aromatic rings. The number of thiophene rings is 1. The van der Waals surface area contributed by atoms with E-state index in [4.69, 9.17) is 4.74 Å². The Hall–Kier alpha value is -2.87. The molecule has 14 heteroatoms. The van der Waals surface area contributed by atoms with Gasteiger partial charge in [-0.05, 0) is 25.3 Å². The van der Waals surface area contributed by atoms with Crippen molar-refractivity contribution in [2.75, 3.05) is 33.9 Å². The maximum Gasteiger partial charge on any atom is 0.436 e. The highest BCUT2D eigenvalue weighted by molar-refractivity contribution is 7.18. The number of halogens is 3. The third kappa shape index (κ3) is 3.87. The number of carbonyl (C=O) groups excluding carboxylic acids is 1. The minimum Gasteiger partial charge on any atom is -0.451 e. The number of nitrogens with zero attached hydrogens (tertiary/aromatic N) is 4. The van der Waals surface area contributed by atoms with Crippen molar-refractivity contribution < 1.29 is 27.4 Å². The standard InChI is InChI=1S/C20H24F3N5O5S/c1-11-12(10-26-7-6-24-16(26)25-17(30)33-3)34-15-13(11)14(29)28(18(31)27(15)8-9-32-2)19(4-5-19)20(21,22)23/h4-10H2,1-3H3,(H,24,25,30). The molecule has 1 amide bonds. The lowest BCUT2D eigenvalue weighted by atomic mass is 10.2. The average molecular weight is 504 g/mol. The summed E-state index contributed by atoms with van der Waals surface area (Å²) in [5, 5.41) is 3.06. The normalized spacial score (nSPS) is 18.5. The van der Waals surface area contributed by atoms with Crippen molar-refractivity contribution in [1.82, 2.24) is 19.4 Å². The Bertz CT molecular complexity index is 1270. The van der Waals surface area contributed by atoms with Crippen LogP contribution in [0.25, 0.3) is 10.2 Å². The molecule has 1 N–H and O–H groups in total. The summed E-state index contributed by atoms with van der Waals surface area (Å²) in [5.74, 6) is 0.298. The molecule has 3 heterocycles. The minimum absolute atomic E-state index is 0.000235. The number of alkyl halides is 3. The van der Waals surface area contributed by atoms with Gasteiger partial charge in [0.15, 0.2) is 0 Å². The number of carbonyl (C=O) groups is 1. The fourth-order valence-electron chi connectivity index (χ4n) is 4.14. The SMILES string of the molecule is COCCn1c(=O)n(C2(C(F)(F)F)CC2)c(=O)c2c(C)c(CN3CCN/C3=N\C(=O)OC)sc21. The highest BCUT2D eigenvalue weighted by Crippen LogP contribution is 2.54. The van der Waals surface area contributed by atoms with E-state index in [9.17, 15) is 27.6 Å². The first-order chi connectivity index (χ1) is 16.1. The number of hydrogen-bond donors (Lipinski definition) is 1. The lowest BCUT2D eigenvalue weighted by Gasteiger charge is -2.22. The van der Waals surface area contributed by atoms with Crippen LogP contribution in [0.15, 0.2) is 14.6 Å². The Kier molecular flexibility index (Phi) is 6.23. The second kappa shape index (κ2) is 8.73. The van der Waals surface area contributed by atoms with Crippen LogP contribution in [0.1, 0.15) is 23.3 Å². The maximum absolute atomic E-state index is 13.9. The number of rotatable bonds is 6. The number of aromatic nitrogens is 2. The van der Waals surface area contributed by atoms with Crippen LogP contribution in [0.2, 0.25) is 0 Å². The number of fused-ring (bicyclic) bond motifs is 1. The molecular formula is C20H24F3N5O5S. The molecular weight excluding hydrogens is 479 g/mol. The third-order valence-electron chi connectivity index (χ3n) is 6.18. The molecule has 186 valence electrons. The predicted octanol–water partition coefficient (Wildman–Crippen LogP) is 1.76. The summed E-state index contributed by atoms with van der Waals surface area (Å²) in [4.78, 5) is 44.7. The van der Waals surface area contributed by atoms with E-state index >= 15 is 0 Å². The molecule has 1 aliphatic heterocycles. The second-order valence-corrected chi connectivity index (χ2v) is 9.26. The van der Waals surface area contributed by atoms with Gasteiger partial charge in [0.1, 0.15) is 10.4 Å². The Morgan fingerprint density at radius 2 is 1.97 bits per heavy atom. The predicted molar refractivity (Wildman–Crippen MR) is 118 cm³/mol. The third-order valence-corrected chi connectivity index (χ3v) is 7.48. The maximum atomic E-state index is 13.9. The van der Waals surface area contributed by atoms with Crippen LogP contribution in [-0.4, -0.2) is 66.2 Å². The summed E-state index contributed by atoms with van der Waals surface area (Å²) in [6.45, 7) is 3.03. The molecule has 1 saturated heterocycles. The summed E-state index contributed by atoms with van der Waals surface area (Å²) in [5.41, 5.74) is -3.91. The van der Waals surface area contributed by atoms with E-state index in [0.717, 1.165) is 11.3 Å². The van der Waals surface area contributed by atoms with Crippen LogP contribution in [-0.2, 0) is 28.1 Å². The molecule has 34 heavy (non-hydrogen) atoms. The van der Waals surface area contributed by atoms with E-state index in [-0.39, 0.29) is 37.9 Å². The van der Waals surface area contributed by atoms with Crippen molar-refractivity contribution in [3.8, 4) is 0 Å². The number of nitrogens with one attached hydrogen (secondary N) is 1. The molecule has 0 spiro atoms. The molecule has 0 bridgehead atoms. The molecule has 0 unspecified atom stereocenters. The first-order valence-electron chi connectivity index (χ1n) is 10.5. The Labute approximate surface area is 195 Å². The van der Waals surface area contributed by atoms with E-state index in [1.54, 1.807) is 11.8 Å². The summed E-state index contributed by atoms with van der Waals surface area (Å²) in [7, 11) is 2.63. The number of ether oxygens (including phenoxy) is 2. The first-order valence-corrected chi connectivity index (χ1v) is 11.4. The van der Waals surface area contributed by atoms with Crippen LogP contribution >= 0.6 is 11.3 Å². The Morgan fingerprint density at radius 1 is 1.26 bits per heavy atom. The minimum atomic E-state index is -4.73. The van der Waals surface area contributed by atoms with Gasteiger partial charge in [-0.1, -0.05) is 0 Å². The highest BCUT2D eigenvalue weighted by Gasteiger charge is 2.66. The van der Waals surface area contributed by atoms with Crippen LogP contribution in [0.5, 0.6) is 0 Å². The van der Waals surface area contributed by atoms with Crippen molar-refractivity contribution in [2.45, 2.75) is 44.6 Å². The van der Waals surface area contributed by atoms with Crippen molar-refractivity contribution in [2.24, 2.45) is 4.99 Å². The Morgan fingerprint density at radius 3 is 2.56 bits per heavy atom. The Balaban J connectivity index is 1.87. The first kappa shape index (κ1) is 24.3. The largest absolute Gasteiger partial charge is 0.451 e. The molecule has 1 saturated carbocycles. The topological polar surface area (TPSA) is 107 Å². The molecule has 2 aromatic heterocycles. The van der Waals surface area contributed by atoms with Crippen molar-refractivity contribution in [3.05, 3.63) is 31.3 Å². The van der Waals surface area contributed by atoms with Gasteiger partial charge < -0.3 is 19.7 Å². The van der Waals surface area contributed by atoms with Gasteiger partial charge in [0.05, 0.1) is 32.2 Å². The van der Waals surface area contributed by atoms with Gasteiger partial charge >= 0.3 is 18.0 Å². The van der Waals surface area contributed by atoms with Crippen molar-refractivity contribution >= 4 is 33.6 Å². The van der Waals surface area contributed by atoms with Crippen molar-refractivity contribution in [3.63, 3.8) is 0 Å². The number of methoxy groups -OCH3 is 2. The molecule has 0 atom stereocenters. The fraction of sp³-hybridized carbons (Fsp3) is 0.600. The summed E-state index contributed by atoms with van der Waals surface area (Å²) in [6, 6.07) is 0. The van der Waals surface area contributed by atoms with Gasteiger partial charge in [-0.25, -0.2) is 14.2 Å². The fourth-order valence-corrected chi connectivity index (χ4v) is 5.47. The zero-order chi connectivity index (χ0) is 24.8. The van der Waals surface area contributed by atoms with Crippen LogP contribution in [0.4, 0.5) is 18.0 Å².